The largest absolute Gasteiger partial charge is 0.497 e. The van der Waals surface area contributed by atoms with E-state index >= 15 is 0 Å². The molecule has 3 nitrogen and oxygen atoms in total. The van der Waals surface area contributed by atoms with Gasteiger partial charge in [-0.2, -0.15) is 0 Å². The number of aromatic nitrogens is 1. The van der Waals surface area contributed by atoms with Crippen LogP contribution < -0.4 is 10.1 Å². The number of nitrogens with zero attached hydrogens (tertiary/aromatic N) is 1. The van der Waals surface area contributed by atoms with Crippen molar-refractivity contribution in [3.63, 3.8) is 0 Å². The number of aryl methyl sites for hydroxylation is 1. The molecule has 1 aliphatic rings. The lowest BCUT2D eigenvalue weighted by atomic mass is 9.90. The lowest BCUT2D eigenvalue weighted by molar-refractivity contribution is 0.415. The van der Waals surface area contributed by atoms with E-state index in [0.29, 0.717) is 0 Å². The van der Waals surface area contributed by atoms with Gasteiger partial charge in [-0.3, -0.25) is 3.96 Å². The predicted molar refractivity (Wildman–Crippen MR) is 108 cm³/mol. The highest BCUT2D eigenvalue weighted by molar-refractivity contribution is 7.71. The van der Waals surface area contributed by atoms with Gasteiger partial charge in [0.1, 0.15) is 10.4 Å². The van der Waals surface area contributed by atoms with E-state index in [1.54, 1.807) is 18.6 Å². The van der Waals surface area contributed by atoms with Crippen LogP contribution in [0.25, 0.3) is 16.8 Å². The van der Waals surface area contributed by atoms with Gasteiger partial charge < -0.3 is 10.1 Å². The molecule has 25 heavy (non-hydrogen) atoms. The van der Waals surface area contributed by atoms with Crippen molar-refractivity contribution in [2.24, 2.45) is 0 Å². The number of hydrogen-bond acceptors (Lipinski definition) is 4. The van der Waals surface area contributed by atoms with E-state index in [2.05, 4.69) is 60.4 Å². The van der Waals surface area contributed by atoms with Gasteiger partial charge in [-0.05, 0) is 45.0 Å². The van der Waals surface area contributed by atoms with Crippen LogP contribution in [0.1, 0.15) is 24.3 Å². The van der Waals surface area contributed by atoms with Crippen molar-refractivity contribution >= 4 is 29.4 Å². The minimum atomic E-state index is -0.192. The standard InChI is InChI=1S/C20H20N2OS2/c1-12-5-7-13(8-6-12)22-19(24)17-15-10-9-14(23-4)11-16(15)21-20(2,3)18(17)25-22/h5-11,21H,1-4H3. The number of methoxy groups -OCH3 is 1. The summed E-state index contributed by atoms with van der Waals surface area (Å²) in [6.07, 6.45) is 0. The molecular weight excluding hydrogens is 348 g/mol. The van der Waals surface area contributed by atoms with Gasteiger partial charge in [-0.15, -0.1) is 0 Å². The van der Waals surface area contributed by atoms with E-state index in [0.717, 1.165) is 32.9 Å². The second kappa shape index (κ2) is 5.71. The van der Waals surface area contributed by atoms with Crippen LogP contribution >= 0.6 is 23.8 Å². The molecule has 0 fully saturated rings. The van der Waals surface area contributed by atoms with Crippen LogP contribution in [0.5, 0.6) is 5.75 Å². The fraction of sp³-hybridized carbons (Fsp3) is 0.250. The summed E-state index contributed by atoms with van der Waals surface area (Å²) in [6, 6.07) is 14.6. The van der Waals surface area contributed by atoms with Crippen LogP contribution in [0, 0.1) is 11.6 Å². The molecule has 0 spiro atoms. The molecule has 0 saturated heterocycles. The Bertz CT molecular complexity index is 1010. The van der Waals surface area contributed by atoms with Gasteiger partial charge in [-0.1, -0.05) is 41.4 Å². The third kappa shape index (κ3) is 2.58. The zero-order valence-electron chi connectivity index (χ0n) is 14.7. The van der Waals surface area contributed by atoms with E-state index in [4.69, 9.17) is 17.0 Å². The second-order valence-electron chi connectivity index (χ2n) is 6.89. The lowest BCUT2D eigenvalue weighted by Gasteiger charge is -2.33. The normalized spacial score (nSPS) is 14.4. The van der Waals surface area contributed by atoms with Gasteiger partial charge >= 0.3 is 0 Å². The summed E-state index contributed by atoms with van der Waals surface area (Å²) in [5, 5.41) is 3.64. The molecule has 128 valence electrons. The topological polar surface area (TPSA) is 26.2 Å². The van der Waals surface area contributed by atoms with Crippen LogP contribution in [0.15, 0.2) is 42.5 Å². The third-order valence-corrected chi connectivity index (χ3v) is 6.56. The maximum absolute atomic E-state index is 5.88. The quantitative estimate of drug-likeness (QED) is 0.569. The SMILES string of the molecule is COc1ccc2c(c1)NC(C)(C)c1sn(-c3ccc(C)cc3)c(=S)c1-2. The third-order valence-electron chi connectivity index (χ3n) is 4.59. The maximum atomic E-state index is 5.88. The van der Waals surface area contributed by atoms with Crippen molar-refractivity contribution < 1.29 is 4.74 Å². The fourth-order valence-electron chi connectivity index (χ4n) is 3.26. The Morgan fingerprint density at radius 2 is 1.84 bits per heavy atom. The zero-order chi connectivity index (χ0) is 17.8. The van der Waals surface area contributed by atoms with Gasteiger partial charge in [0.25, 0.3) is 0 Å². The first-order valence-corrected chi connectivity index (χ1v) is 9.39. The van der Waals surface area contributed by atoms with Crippen molar-refractivity contribution in [3.05, 3.63) is 57.5 Å². The molecule has 0 radical (unpaired) electrons. The number of benzene rings is 2. The van der Waals surface area contributed by atoms with Crippen LogP contribution in [-0.2, 0) is 5.54 Å². The summed E-state index contributed by atoms with van der Waals surface area (Å²) in [5.41, 5.74) is 5.53. The Hall–Kier alpha value is -2.11. The van der Waals surface area contributed by atoms with E-state index < -0.39 is 0 Å². The van der Waals surface area contributed by atoms with Gasteiger partial charge in [0, 0.05) is 22.9 Å². The number of rotatable bonds is 2. The van der Waals surface area contributed by atoms with Crippen molar-refractivity contribution in [2.45, 2.75) is 26.3 Å². The molecule has 0 atom stereocenters. The highest BCUT2D eigenvalue weighted by atomic mass is 32.1. The Labute approximate surface area is 157 Å². The molecule has 0 aliphatic carbocycles. The Kier molecular flexibility index (Phi) is 3.74. The number of ether oxygens (including phenoxy) is 1. The highest BCUT2D eigenvalue weighted by Crippen LogP contribution is 2.48. The minimum Gasteiger partial charge on any atom is -0.497 e. The minimum absolute atomic E-state index is 0.192. The summed E-state index contributed by atoms with van der Waals surface area (Å²) in [7, 11) is 1.69. The molecule has 3 aromatic rings. The number of anilines is 1. The number of fused-ring (bicyclic) bond motifs is 3. The Morgan fingerprint density at radius 1 is 1.12 bits per heavy atom. The number of nitrogens with one attached hydrogen (secondary N) is 1. The van der Waals surface area contributed by atoms with Gasteiger partial charge in [0.05, 0.1) is 23.2 Å². The van der Waals surface area contributed by atoms with E-state index in [1.807, 2.05) is 12.1 Å². The first kappa shape index (κ1) is 16.4. The Morgan fingerprint density at radius 3 is 2.52 bits per heavy atom. The van der Waals surface area contributed by atoms with Crippen LogP contribution in [0.2, 0.25) is 0 Å². The summed E-state index contributed by atoms with van der Waals surface area (Å²) in [6.45, 7) is 6.48. The molecule has 1 aliphatic heterocycles. The maximum Gasteiger partial charge on any atom is 0.129 e. The molecule has 0 bridgehead atoms. The van der Waals surface area contributed by atoms with E-state index in [-0.39, 0.29) is 5.54 Å². The predicted octanol–water partition coefficient (Wildman–Crippen LogP) is 5.91. The van der Waals surface area contributed by atoms with Crippen molar-refractivity contribution in [2.75, 3.05) is 12.4 Å². The molecule has 2 heterocycles. The average molecular weight is 369 g/mol. The summed E-state index contributed by atoms with van der Waals surface area (Å²) in [5.74, 6) is 0.845. The van der Waals surface area contributed by atoms with Crippen LogP contribution in [0.4, 0.5) is 5.69 Å². The van der Waals surface area contributed by atoms with E-state index in [1.165, 1.54) is 10.4 Å². The molecule has 0 unspecified atom stereocenters. The van der Waals surface area contributed by atoms with Crippen molar-refractivity contribution in [1.82, 2.24) is 3.96 Å². The fourth-order valence-corrected chi connectivity index (χ4v) is 4.91. The Balaban J connectivity index is 1.97. The monoisotopic (exact) mass is 368 g/mol. The molecule has 4 rings (SSSR count). The zero-order valence-corrected chi connectivity index (χ0v) is 16.3. The summed E-state index contributed by atoms with van der Waals surface area (Å²) < 4.78 is 8.40. The van der Waals surface area contributed by atoms with E-state index in [9.17, 15) is 0 Å². The second-order valence-corrected chi connectivity index (χ2v) is 8.23. The lowest BCUT2D eigenvalue weighted by Crippen LogP contribution is -2.30. The molecule has 1 aromatic heterocycles. The van der Waals surface area contributed by atoms with Crippen LogP contribution in [-0.4, -0.2) is 11.1 Å². The number of hydrogen-bond donors (Lipinski definition) is 1. The average Bonchev–Trinajstić information content (AvgIpc) is 2.94. The molecule has 0 amide bonds. The highest BCUT2D eigenvalue weighted by Gasteiger charge is 2.34. The first-order valence-electron chi connectivity index (χ1n) is 8.21. The molecule has 1 N–H and O–H groups in total. The van der Waals surface area contributed by atoms with Crippen molar-refractivity contribution in [3.8, 4) is 22.6 Å². The van der Waals surface area contributed by atoms with Crippen LogP contribution in [0.3, 0.4) is 0 Å². The first-order chi connectivity index (χ1) is 11.9. The molecule has 0 saturated carbocycles. The summed E-state index contributed by atoms with van der Waals surface area (Å²) >= 11 is 7.60. The summed E-state index contributed by atoms with van der Waals surface area (Å²) in [4.78, 5) is 1.26. The smallest absolute Gasteiger partial charge is 0.129 e. The van der Waals surface area contributed by atoms with Gasteiger partial charge in [0.15, 0.2) is 0 Å². The van der Waals surface area contributed by atoms with Crippen molar-refractivity contribution in [1.29, 1.82) is 0 Å². The molecule has 5 heteroatoms. The van der Waals surface area contributed by atoms with Gasteiger partial charge in [-0.25, -0.2) is 0 Å². The molecular formula is C20H20N2OS2. The van der Waals surface area contributed by atoms with Gasteiger partial charge in [0.2, 0.25) is 0 Å². The molecule has 2 aromatic carbocycles.